The molecule has 0 bridgehead atoms. The fraction of sp³-hybridized carbons (Fsp3) is 0.619. The first kappa shape index (κ1) is 22.9. The SMILES string of the molecule is CCNC(=NCC(c1cccc(F)c1)N(C)C)NC1CCN(C(=O)OCC)CC1. The molecule has 1 fully saturated rings. The third-order valence-corrected chi connectivity index (χ3v) is 4.99. The molecule has 0 aliphatic carbocycles. The van der Waals surface area contributed by atoms with E-state index < -0.39 is 0 Å². The van der Waals surface area contributed by atoms with E-state index in [1.165, 1.54) is 6.07 Å². The molecular formula is C21H34FN5O2. The van der Waals surface area contributed by atoms with Crippen LogP contribution in [0.25, 0.3) is 0 Å². The number of halogens is 1. The minimum atomic E-state index is -0.240. The summed E-state index contributed by atoms with van der Waals surface area (Å²) in [5, 5.41) is 6.76. The van der Waals surface area contributed by atoms with Crippen LogP contribution in [0.1, 0.15) is 38.3 Å². The van der Waals surface area contributed by atoms with Crippen molar-refractivity contribution < 1.29 is 13.9 Å². The molecule has 0 spiro atoms. The van der Waals surface area contributed by atoms with E-state index in [4.69, 9.17) is 9.73 Å². The molecule has 2 rings (SSSR count). The van der Waals surface area contributed by atoms with Gasteiger partial charge in [0.2, 0.25) is 0 Å². The lowest BCUT2D eigenvalue weighted by molar-refractivity contribution is 0.0963. The zero-order chi connectivity index (χ0) is 21.2. The molecule has 0 aromatic heterocycles. The van der Waals surface area contributed by atoms with E-state index in [1.807, 2.05) is 38.9 Å². The van der Waals surface area contributed by atoms with Crippen LogP contribution in [0.5, 0.6) is 0 Å². The normalized spacial score (nSPS) is 16.6. The maximum Gasteiger partial charge on any atom is 0.409 e. The highest BCUT2D eigenvalue weighted by Gasteiger charge is 2.24. The van der Waals surface area contributed by atoms with Crippen LogP contribution >= 0.6 is 0 Å². The quantitative estimate of drug-likeness (QED) is 0.537. The molecule has 1 amide bonds. The van der Waals surface area contributed by atoms with Crippen molar-refractivity contribution >= 4 is 12.1 Å². The fourth-order valence-electron chi connectivity index (χ4n) is 3.39. The van der Waals surface area contributed by atoms with Gasteiger partial charge < -0.3 is 25.2 Å². The number of ether oxygens (including phenoxy) is 1. The number of likely N-dealkylation sites (N-methyl/N-ethyl adjacent to an activating group) is 1. The number of piperidine rings is 1. The third-order valence-electron chi connectivity index (χ3n) is 4.99. The van der Waals surface area contributed by atoms with Crippen LogP contribution in [0.4, 0.5) is 9.18 Å². The van der Waals surface area contributed by atoms with Crippen LogP contribution < -0.4 is 10.6 Å². The largest absolute Gasteiger partial charge is 0.450 e. The molecule has 8 heteroatoms. The second-order valence-electron chi connectivity index (χ2n) is 7.36. The predicted octanol–water partition coefficient (Wildman–Crippen LogP) is 2.60. The number of guanidine groups is 1. The second-order valence-corrected chi connectivity index (χ2v) is 7.36. The van der Waals surface area contributed by atoms with Crippen molar-refractivity contribution in [3.8, 4) is 0 Å². The highest BCUT2D eigenvalue weighted by atomic mass is 19.1. The van der Waals surface area contributed by atoms with Gasteiger partial charge >= 0.3 is 6.09 Å². The van der Waals surface area contributed by atoms with E-state index in [-0.39, 0.29) is 24.0 Å². The minimum Gasteiger partial charge on any atom is -0.450 e. The summed E-state index contributed by atoms with van der Waals surface area (Å²) in [5.41, 5.74) is 0.900. The third kappa shape index (κ3) is 7.20. The van der Waals surface area contributed by atoms with Crippen LogP contribution in [0, 0.1) is 5.82 Å². The topological polar surface area (TPSA) is 69.2 Å². The van der Waals surface area contributed by atoms with Crippen LogP contribution in [-0.4, -0.2) is 74.8 Å². The summed E-state index contributed by atoms with van der Waals surface area (Å²) in [5.74, 6) is 0.502. The van der Waals surface area contributed by atoms with Gasteiger partial charge in [-0.25, -0.2) is 9.18 Å². The van der Waals surface area contributed by atoms with Gasteiger partial charge in [0.15, 0.2) is 5.96 Å². The van der Waals surface area contributed by atoms with Crippen molar-refractivity contribution in [3.63, 3.8) is 0 Å². The van der Waals surface area contributed by atoms with Crippen LogP contribution in [0.15, 0.2) is 29.3 Å². The lowest BCUT2D eigenvalue weighted by atomic mass is 10.1. The van der Waals surface area contributed by atoms with Gasteiger partial charge in [-0.3, -0.25) is 4.99 Å². The van der Waals surface area contributed by atoms with Crippen LogP contribution in [-0.2, 0) is 4.74 Å². The Balaban J connectivity index is 1.97. The van der Waals surface area contributed by atoms with Gasteiger partial charge in [0, 0.05) is 25.7 Å². The van der Waals surface area contributed by atoms with E-state index in [2.05, 4.69) is 10.6 Å². The van der Waals surface area contributed by atoms with Crippen molar-refractivity contribution in [1.29, 1.82) is 0 Å². The molecule has 0 radical (unpaired) electrons. The Morgan fingerprint density at radius 2 is 2.07 bits per heavy atom. The summed E-state index contributed by atoms with van der Waals surface area (Å²) in [6, 6.07) is 6.89. The summed E-state index contributed by atoms with van der Waals surface area (Å²) in [4.78, 5) is 20.4. The maximum atomic E-state index is 13.6. The highest BCUT2D eigenvalue weighted by molar-refractivity contribution is 5.80. The Kier molecular flexibility index (Phi) is 9.18. The van der Waals surface area contributed by atoms with Crippen molar-refractivity contribution in [3.05, 3.63) is 35.6 Å². The number of hydrogen-bond acceptors (Lipinski definition) is 4. The Morgan fingerprint density at radius 3 is 2.66 bits per heavy atom. The molecule has 1 unspecified atom stereocenters. The van der Waals surface area contributed by atoms with Gasteiger partial charge in [-0.05, 0) is 58.5 Å². The molecule has 7 nitrogen and oxygen atoms in total. The van der Waals surface area contributed by atoms with Gasteiger partial charge in [-0.2, -0.15) is 0 Å². The zero-order valence-corrected chi connectivity index (χ0v) is 17.9. The number of nitrogens with one attached hydrogen (secondary N) is 2. The van der Waals surface area contributed by atoms with Gasteiger partial charge in [0.05, 0.1) is 19.2 Å². The number of aliphatic imine (C=N–C) groups is 1. The standard InChI is InChI=1S/C21H34FN5O2/c1-5-23-20(25-18-10-12-27(13-11-18)21(28)29-6-2)24-15-19(26(3)4)16-8-7-9-17(22)14-16/h7-9,14,18-19H,5-6,10-13,15H2,1-4H3,(H2,23,24,25). The average molecular weight is 408 g/mol. The molecule has 29 heavy (non-hydrogen) atoms. The van der Waals surface area contributed by atoms with Gasteiger partial charge in [-0.1, -0.05) is 12.1 Å². The van der Waals surface area contributed by atoms with Gasteiger partial charge in [-0.15, -0.1) is 0 Å². The first-order chi connectivity index (χ1) is 13.9. The second kappa shape index (κ2) is 11.6. The number of benzene rings is 1. The summed E-state index contributed by atoms with van der Waals surface area (Å²) >= 11 is 0. The molecule has 1 saturated heterocycles. The van der Waals surface area contributed by atoms with Crippen LogP contribution in [0.2, 0.25) is 0 Å². The number of amides is 1. The molecule has 0 saturated carbocycles. The van der Waals surface area contributed by atoms with E-state index in [0.29, 0.717) is 26.2 Å². The Morgan fingerprint density at radius 1 is 1.34 bits per heavy atom. The van der Waals surface area contributed by atoms with E-state index in [0.717, 1.165) is 30.9 Å². The number of hydrogen-bond donors (Lipinski definition) is 2. The summed E-state index contributed by atoms with van der Waals surface area (Å²) < 4.78 is 18.7. The first-order valence-electron chi connectivity index (χ1n) is 10.3. The Bertz CT molecular complexity index is 675. The highest BCUT2D eigenvalue weighted by Crippen LogP contribution is 2.19. The monoisotopic (exact) mass is 407 g/mol. The van der Waals surface area contributed by atoms with Gasteiger partial charge in [0.25, 0.3) is 0 Å². The van der Waals surface area contributed by atoms with Crippen molar-refractivity contribution in [2.75, 3.05) is 46.9 Å². The molecule has 1 atom stereocenters. The molecule has 1 aromatic carbocycles. The lowest BCUT2D eigenvalue weighted by Crippen LogP contribution is -2.50. The fourth-order valence-corrected chi connectivity index (χ4v) is 3.39. The molecule has 1 aliphatic heterocycles. The van der Waals surface area contributed by atoms with Crippen molar-refractivity contribution in [1.82, 2.24) is 20.4 Å². The summed E-state index contributed by atoms with van der Waals surface area (Å²) in [6.45, 7) is 6.83. The predicted molar refractivity (Wildman–Crippen MR) is 114 cm³/mol. The van der Waals surface area contributed by atoms with Gasteiger partial charge in [0.1, 0.15) is 5.82 Å². The van der Waals surface area contributed by atoms with Crippen LogP contribution in [0.3, 0.4) is 0 Å². The molecule has 1 heterocycles. The van der Waals surface area contributed by atoms with Crippen molar-refractivity contribution in [2.45, 2.75) is 38.8 Å². The minimum absolute atomic E-state index is 0.0215. The number of carbonyl (C=O) groups is 1. The number of likely N-dealkylation sites (tertiary alicyclic amines) is 1. The first-order valence-corrected chi connectivity index (χ1v) is 10.3. The zero-order valence-electron chi connectivity index (χ0n) is 17.9. The molecule has 162 valence electrons. The molecule has 1 aromatic rings. The number of carbonyl (C=O) groups excluding carboxylic acids is 1. The van der Waals surface area contributed by atoms with E-state index >= 15 is 0 Å². The summed E-state index contributed by atoms with van der Waals surface area (Å²) in [6.07, 6.45) is 1.43. The number of rotatable bonds is 7. The average Bonchev–Trinajstić information content (AvgIpc) is 2.69. The number of nitrogens with zero attached hydrogens (tertiary/aromatic N) is 3. The molecular weight excluding hydrogens is 373 g/mol. The molecule has 2 N–H and O–H groups in total. The van der Waals surface area contributed by atoms with Crippen molar-refractivity contribution in [2.24, 2.45) is 4.99 Å². The maximum absolute atomic E-state index is 13.6. The Hall–Kier alpha value is -2.35. The smallest absolute Gasteiger partial charge is 0.409 e. The Labute approximate surface area is 173 Å². The molecule has 1 aliphatic rings. The summed E-state index contributed by atoms with van der Waals surface area (Å²) in [7, 11) is 3.94. The lowest BCUT2D eigenvalue weighted by Gasteiger charge is -2.32. The van der Waals surface area contributed by atoms with E-state index in [1.54, 1.807) is 17.0 Å². The van der Waals surface area contributed by atoms with E-state index in [9.17, 15) is 9.18 Å².